The summed E-state index contributed by atoms with van der Waals surface area (Å²) in [6, 6.07) is 18.6. The number of aromatic nitrogens is 1. The average molecular weight is 646 g/mol. The van der Waals surface area contributed by atoms with E-state index in [1.54, 1.807) is 18.3 Å². The van der Waals surface area contributed by atoms with E-state index in [4.69, 9.17) is 5.73 Å². The Morgan fingerprint density at radius 1 is 0.761 bits per heavy atom. The summed E-state index contributed by atoms with van der Waals surface area (Å²) >= 11 is 1.47. The highest BCUT2D eigenvalue weighted by molar-refractivity contribution is 7.98. The number of aliphatic carboxylic acids is 1. The van der Waals surface area contributed by atoms with Crippen LogP contribution in [-0.2, 0) is 38.4 Å². The molecular weight excluding hydrogens is 606 g/mol. The average Bonchev–Trinajstić information content (AvgIpc) is 3.46. The molecule has 4 atom stereocenters. The van der Waals surface area contributed by atoms with E-state index in [9.17, 15) is 29.4 Å². The van der Waals surface area contributed by atoms with Crippen molar-refractivity contribution in [2.24, 2.45) is 5.73 Å². The van der Waals surface area contributed by atoms with E-state index in [1.807, 2.05) is 60.9 Å². The Hall–Kier alpha value is -4.81. The van der Waals surface area contributed by atoms with Crippen LogP contribution in [0.5, 0.6) is 5.75 Å². The van der Waals surface area contributed by atoms with Gasteiger partial charge in [-0.15, -0.1) is 0 Å². The number of rotatable bonds is 16. The van der Waals surface area contributed by atoms with Gasteiger partial charge in [-0.25, -0.2) is 4.79 Å². The lowest BCUT2D eigenvalue weighted by atomic mass is 10.0. The molecule has 3 amide bonds. The number of amides is 3. The summed E-state index contributed by atoms with van der Waals surface area (Å²) in [6.07, 6.45) is 4.16. The Labute approximate surface area is 271 Å². The van der Waals surface area contributed by atoms with Crippen molar-refractivity contribution in [3.8, 4) is 5.75 Å². The zero-order chi connectivity index (χ0) is 33.1. The standard InChI is InChI=1S/C34H39N5O6S/c1-46-16-15-28(32(42)39-30(34(44)45)19-23-20-36-27-10-6-5-9-25(23)27)37-33(43)29(18-22-11-13-24(40)14-12-22)38-31(41)26(35)17-21-7-3-2-4-8-21/h2-14,20,26,28-30,36,40H,15-19,35H2,1H3,(H,37,43)(H,38,41)(H,39,42)(H,44,45). The number of carbonyl (C=O) groups excluding carboxylic acids is 3. The third-order valence-electron chi connectivity index (χ3n) is 7.60. The molecule has 8 N–H and O–H groups in total. The molecule has 0 radical (unpaired) electrons. The Morgan fingerprint density at radius 3 is 2.07 bits per heavy atom. The van der Waals surface area contributed by atoms with E-state index in [2.05, 4.69) is 20.9 Å². The second-order valence-corrected chi connectivity index (χ2v) is 12.0. The highest BCUT2D eigenvalue weighted by Crippen LogP contribution is 2.19. The van der Waals surface area contributed by atoms with Crippen LogP contribution in [0.1, 0.15) is 23.1 Å². The van der Waals surface area contributed by atoms with Crippen molar-refractivity contribution in [3.05, 3.63) is 102 Å². The number of para-hydroxylation sites is 1. The zero-order valence-electron chi connectivity index (χ0n) is 25.4. The number of hydrogen-bond acceptors (Lipinski definition) is 7. The van der Waals surface area contributed by atoms with Crippen molar-refractivity contribution in [1.29, 1.82) is 0 Å². The van der Waals surface area contributed by atoms with E-state index in [-0.39, 0.29) is 31.4 Å². The van der Waals surface area contributed by atoms with Crippen molar-refractivity contribution >= 4 is 46.4 Å². The molecule has 12 heteroatoms. The fraction of sp³-hybridized carbons (Fsp3) is 0.294. The first kappa shape index (κ1) is 34.1. The first-order valence-electron chi connectivity index (χ1n) is 14.9. The first-order chi connectivity index (χ1) is 22.1. The SMILES string of the molecule is CSCCC(NC(=O)C(Cc1ccc(O)cc1)NC(=O)C(N)Cc1ccccc1)C(=O)NC(Cc1c[nH]c2ccccc12)C(=O)O. The van der Waals surface area contributed by atoms with Crippen LogP contribution in [0.15, 0.2) is 85.1 Å². The maximum Gasteiger partial charge on any atom is 0.326 e. The number of aromatic hydroxyl groups is 1. The lowest BCUT2D eigenvalue weighted by Gasteiger charge is -2.25. The number of aromatic amines is 1. The van der Waals surface area contributed by atoms with Crippen molar-refractivity contribution in [2.45, 2.75) is 49.9 Å². The van der Waals surface area contributed by atoms with Crippen molar-refractivity contribution in [1.82, 2.24) is 20.9 Å². The predicted octanol–water partition coefficient (Wildman–Crippen LogP) is 2.52. The van der Waals surface area contributed by atoms with Gasteiger partial charge in [-0.05, 0) is 59.7 Å². The normalized spacial score (nSPS) is 13.7. The van der Waals surface area contributed by atoms with Gasteiger partial charge in [-0.2, -0.15) is 11.8 Å². The number of nitrogens with two attached hydrogens (primary N) is 1. The molecule has 0 aliphatic heterocycles. The Balaban J connectivity index is 1.49. The number of nitrogens with one attached hydrogen (secondary N) is 4. The van der Waals surface area contributed by atoms with Crippen LogP contribution in [0.2, 0.25) is 0 Å². The highest BCUT2D eigenvalue weighted by Gasteiger charge is 2.31. The van der Waals surface area contributed by atoms with Gasteiger partial charge in [0.2, 0.25) is 17.7 Å². The monoisotopic (exact) mass is 645 g/mol. The highest BCUT2D eigenvalue weighted by atomic mass is 32.2. The number of carboxylic acid groups (broad SMARTS) is 1. The minimum Gasteiger partial charge on any atom is -0.508 e. The lowest BCUT2D eigenvalue weighted by molar-refractivity contribution is -0.142. The Morgan fingerprint density at radius 2 is 1.37 bits per heavy atom. The van der Waals surface area contributed by atoms with Crippen molar-refractivity contribution in [3.63, 3.8) is 0 Å². The molecule has 0 aliphatic rings. The number of carbonyl (C=O) groups is 4. The molecule has 3 aromatic carbocycles. The molecule has 0 saturated heterocycles. The van der Waals surface area contributed by atoms with E-state index in [0.29, 0.717) is 11.3 Å². The van der Waals surface area contributed by atoms with Crippen LogP contribution >= 0.6 is 11.8 Å². The van der Waals surface area contributed by atoms with Gasteiger partial charge in [-0.1, -0.05) is 60.7 Å². The van der Waals surface area contributed by atoms with E-state index >= 15 is 0 Å². The smallest absolute Gasteiger partial charge is 0.326 e. The molecule has 0 aliphatic carbocycles. The first-order valence-corrected chi connectivity index (χ1v) is 16.3. The van der Waals surface area contributed by atoms with E-state index in [1.165, 1.54) is 23.9 Å². The Kier molecular flexibility index (Phi) is 12.2. The molecule has 4 rings (SSSR count). The summed E-state index contributed by atoms with van der Waals surface area (Å²) in [5.41, 5.74) is 9.30. The van der Waals surface area contributed by atoms with Gasteiger partial charge in [0, 0.05) is 29.9 Å². The van der Waals surface area contributed by atoms with Gasteiger partial charge in [0.15, 0.2) is 0 Å². The van der Waals surface area contributed by atoms with Crippen LogP contribution < -0.4 is 21.7 Å². The molecule has 0 bridgehead atoms. The number of hydrogen-bond donors (Lipinski definition) is 7. The Bertz CT molecular complexity index is 1630. The number of thioether (sulfide) groups is 1. The molecular formula is C34H39N5O6S. The quantitative estimate of drug-likeness (QED) is 0.0969. The number of fused-ring (bicyclic) bond motifs is 1. The molecule has 1 aromatic heterocycles. The molecule has 0 fully saturated rings. The minimum absolute atomic E-state index is 0.0348. The summed E-state index contributed by atoms with van der Waals surface area (Å²) in [7, 11) is 0. The second-order valence-electron chi connectivity index (χ2n) is 11.0. The number of benzene rings is 3. The van der Waals surface area contributed by atoms with Gasteiger partial charge in [-0.3, -0.25) is 14.4 Å². The van der Waals surface area contributed by atoms with Gasteiger partial charge in [0.25, 0.3) is 0 Å². The van der Waals surface area contributed by atoms with Gasteiger partial charge in [0.1, 0.15) is 23.9 Å². The molecule has 4 aromatic rings. The zero-order valence-corrected chi connectivity index (χ0v) is 26.3. The summed E-state index contributed by atoms with van der Waals surface area (Å²) in [5, 5.41) is 28.6. The van der Waals surface area contributed by atoms with Crippen LogP contribution in [0.3, 0.4) is 0 Å². The second kappa shape index (κ2) is 16.5. The molecule has 4 unspecified atom stereocenters. The van der Waals surface area contributed by atoms with Gasteiger partial charge < -0.3 is 36.9 Å². The largest absolute Gasteiger partial charge is 0.508 e. The molecule has 242 valence electrons. The summed E-state index contributed by atoms with van der Waals surface area (Å²) in [6.45, 7) is 0. The summed E-state index contributed by atoms with van der Waals surface area (Å²) in [5.74, 6) is -2.47. The topological polar surface area (TPSA) is 187 Å². The minimum atomic E-state index is -1.25. The lowest BCUT2D eigenvalue weighted by Crippen LogP contribution is -2.58. The molecule has 46 heavy (non-hydrogen) atoms. The van der Waals surface area contributed by atoms with Crippen LogP contribution in [-0.4, -0.2) is 75.1 Å². The third kappa shape index (κ3) is 9.59. The van der Waals surface area contributed by atoms with Crippen molar-refractivity contribution in [2.75, 3.05) is 12.0 Å². The number of carboxylic acids is 1. The fourth-order valence-corrected chi connectivity index (χ4v) is 5.56. The molecule has 11 nitrogen and oxygen atoms in total. The van der Waals surface area contributed by atoms with Crippen LogP contribution in [0, 0.1) is 0 Å². The molecule has 1 heterocycles. The van der Waals surface area contributed by atoms with E-state index < -0.39 is 47.9 Å². The number of phenolic OH excluding ortho intramolecular Hbond substituents is 1. The number of phenols is 1. The third-order valence-corrected chi connectivity index (χ3v) is 8.25. The van der Waals surface area contributed by atoms with Gasteiger partial charge >= 0.3 is 5.97 Å². The van der Waals surface area contributed by atoms with Crippen molar-refractivity contribution < 1.29 is 29.4 Å². The van der Waals surface area contributed by atoms with Crippen LogP contribution in [0.25, 0.3) is 10.9 Å². The predicted molar refractivity (Wildman–Crippen MR) is 178 cm³/mol. The van der Waals surface area contributed by atoms with Gasteiger partial charge in [0.05, 0.1) is 6.04 Å². The maximum atomic E-state index is 13.7. The molecule has 0 saturated carbocycles. The summed E-state index contributed by atoms with van der Waals surface area (Å²) in [4.78, 5) is 55.7. The number of H-pyrrole nitrogens is 1. The fourth-order valence-electron chi connectivity index (χ4n) is 5.09. The van der Waals surface area contributed by atoms with E-state index in [0.717, 1.165) is 22.0 Å². The van der Waals surface area contributed by atoms with Crippen LogP contribution in [0.4, 0.5) is 0 Å². The summed E-state index contributed by atoms with van der Waals surface area (Å²) < 4.78 is 0. The maximum absolute atomic E-state index is 13.7. The molecule has 0 spiro atoms.